The summed E-state index contributed by atoms with van der Waals surface area (Å²) in [5.41, 5.74) is 0. The molecule has 0 atom stereocenters. The monoisotopic (exact) mass is 281 g/mol. The van der Waals surface area contributed by atoms with Gasteiger partial charge >= 0.3 is 26.2 Å². The van der Waals surface area contributed by atoms with E-state index in [1.54, 1.807) is 0 Å². The zero-order valence-electron chi connectivity index (χ0n) is 10.5. The van der Waals surface area contributed by atoms with Gasteiger partial charge in [-0.3, -0.25) is 11.9 Å². The van der Waals surface area contributed by atoms with Gasteiger partial charge in [0.05, 0.1) is 0 Å². The molecule has 0 aromatic carbocycles. The van der Waals surface area contributed by atoms with Crippen LogP contribution in [0.4, 0.5) is 0 Å². The largest absolute Gasteiger partial charge is 4.00 e. The van der Waals surface area contributed by atoms with Crippen molar-refractivity contribution in [1.29, 1.82) is 0 Å². The number of aryl methyl sites for hydroxylation is 1. The predicted octanol–water partition coefficient (Wildman–Crippen LogP) is 4.10. The molecule has 0 nitrogen and oxygen atoms in total. The first-order valence-corrected chi connectivity index (χ1v) is 5.08. The van der Waals surface area contributed by atoms with E-state index in [9.17, 15) is 0 Å². The van der Waals surface area contributed by atoms with E-state index in [1.165, 1.54) is 32.1 Å². The first kappa shape index (κ1) is 20.7. The molecule has 15 heavy (non-hydrogen) atoms. The smallest absolute Gasteiger partial charge is 0.358 e. The molecule has 0 radical (unpaired) electrons. The van der Waals surface area contributed by atoms with Gasteiger partial charge in [-0.25, -0.2) is 6.82 Å². The molecule has 0 unspecified atom stereocenters. The van der Waals surface area contributed by atoms with Crippen LogP contribution in [0.25, 0.3) is 0 Å². The fourth-order valence-corrected chi connectivity index (χ4v) is 1.49. The van der Waals surface area contributed by atoms with E-state index in [0.29, 0.717) is 6.34 Å². The minimum atomic E-state index is 0. The van der Waals surface area contributed by atoms with E-state index in [4.69, 9.17) is 0 Å². The van der Waals surface area contributed by atoms with Gasteiger partial charge in [-0.15, -0.1) is 18.5 Å². The Balaban J connectivity index is -0.000000165. The molecule has 1 saturated carbocycles. The predicted molar refractivity (Wildman–Crippen MR) is 69.3 cm³/mol. The molecule has 1 aliphatic rings. The Morgan fingerprint density at radius 1 is 0.733 bits per heavy atom. The molecule has 1 fully saturated rings. The van der Waals surface area contributed by atoms with Crippen molar-refractivity contribution in [3.8, 4) is 0 Å². The molecular weight excluding hydrogens is 258 g/mol. The van der Waals surface area contributed by atoms with Crippen molar-refractivity contribution < 1.29 is 26.2 Å². The Labute approximate surface area is 116 Å². The summed E-state index contributed by atoms with van der Waals surface area (Å²) < 4.78 is 0. The molecule has 0 aliphatic heterocycles. The van der Waals surface area contributed by atoms with E-state index in [2.05, 4.69) is 30.9 Å². The van der Waals surface area contributed by atoms with Crippen LogP contribution in [-0.4, -0.2) is 6.34 Å². The summed E-state index contributed by atoms with van der Waals surface area (Å²) in [6, 6.07) is 6.19. The molecule has 2 rings (SSSR count). The van der Waals surface area contributed by atoms with Crippen LogP contribution in [0.5, 0.6) is 0 Å². The number of hydrogen-bond donors (Lipinski definition) is 0. The summed E-state index contributed by atoms with van der Waals surface area (Å²) in [6.45, 7) is 2.17. The van der Waals surface area contributed by atoms with Crippen LogP contribution in [0.1, 0.15) is 32.1 Å². The van der Waals surface area contributed by atoms with Crippen LogP contribution in [0.15, 0.2) is 30.1 Å². The molecule has 1 heterocycles. The summed E-state index contributed by atoms with van der Waals surface area (Å²) in [4.78, 5) is 0. The van der Waals surface area contributed by atoms with Gasteiger partial charge in [0.15, 0.2) is 0 Å². The third-order valence-corrected chi connectivity index (χ3v) is 2.30. The average Bonchev–Trinajstić information content (AvgIpc) is 2.62. The van der Waals surface area contributed by atoms with Crippen LogP contribution in [0.3, 0.4) is 0 Å². The molecule has 82 valence electrons. The maximum absolute atomic E-state index is 2.17. The Morgan fingerprint density at radius 2 is 1.07 bits per heavy atom. The normalized spacial score (nSPS) is 12.1. The topological polar surface area (TPSA) is 0 Å². The molecule has 0 N–H and O–H groups in total. The van der Waals surface area contributed by atoms with Crippen molar-refractivity contribution in [3.05, 3.63) is 45.0 Å². The first-order chi connectivity index (χ1) is 5.89. The third kappa shape index (κ3) is 12.2. The molecule has 0 amide bonds. The Bertz CT molecular complexity index is 187. The van der Waals surface area contributed by atoms with Crippen LogP contribution in [0.2, 0.25) is 0 Å². The van der Waals surface area contributed by atoms with E-state index in [0.717, 1.165) is 0 Å². The SMILES string of the molecule is C1CCCC1.C[b-]1ccccc1.[CH3-].[CH3-].[Zr+4]. The van der Waals surface area contributed by atoms with Crippen LogP contribution in [-0.2, 0) is 33.0 Å². The Hall–Kier alpha value is 0.298. The van der Waals surface area contributed by atoms with Gasteiger partial charge in [-0.1, -0.05) is 38.2 Å². The molecule has 1 aromatic rings. The molecule has 1 aliphatic carbocycles. The van der Waals surface area contributed by atoms with E-state index < -0.39 is 0 Å². The average molecular weight is 282 g/mol. The van der Waals surface area contributed by atoms with Crippen molar-refractivity contribution in [2.45, 2.75) is 32.1 Å². The van der Waals surface area contributed by atoms with E-state index in [-0.39, 0.29) is 41.1 Å². The summed E-state index contributed by atoms with van der Waals surface area (Å²) >= 11 is 0. The zero-order chi connectivity index (χ0) is 8.65. The van der Waals surface area contributed by atoms with Crippen LogP contribution < -0.4 is 0 Å². The fourth-order valence-electron chi connectivity index (χ4n) is 1.49. The van der Waals surface area contributed by atoms with Crippen molar-refractivity contribution >= 4 is 6.34 Å². The summed E-state index contributed by atoms with van der Waals surface area (Å²) in [5.74, 6) is 4.33. The first-order valence-electron chi connectivity index (χ1n) is 5.08. The molecule has 0 bridgehead atoms. The Kier molecular flexibility index (Phi) is 19.7. The Morgan fingerprint density at radius 3 is 1.27 bits per heavy atom. The van der Waals surface area contributed by atoms with Gasteiger partial charge < -0.3 is 14.9 Å². The van der Waals surface area contributed by atoms with E-state index >= 15 is 0 Å². The van der Waals surface area contributed by atoms with Crippen LogP contribution >= 0.6 is 0 Å². The second kappa shape index (κ2) is 14.3. The molecular formula is C13H24BZr+. The van der Waals surface area contributed by atoms with Gasteiger partial charge in [0.1, 0.15) is 0 Å². The zero-order valence-corrected chi connectivity index (χ0v) is 13.0. The van der Waals surface area contributed by atoms with Gasteiger partial charge in [0.25, 0.3) is 0 Å². The van der Waals surface area contributed by atoms with Crippen molar-refractivity contribution in [1.82, 2.24) is 0 Å². The second-order valence-corrected chi connectivity index (χ2v) is 3.59. The standard InChI is InChI=1S/C6H8B.C5H10.2CH3.Zr/c1-7-5-3-2-4-6-7;1-2-4-5-3-1;;;/h2-6H,1H3;1-5H2;2*1H3;/q-1;;2*-1;+4. The minimum Gasteiger partial charge on any atom is -0.358 e. The van der Waals surface area contributed by atoms with Gasteiger partial charge in [-0.2, -0.15) is 0 Å². The third-order valence-electron chi connectivity index (χ3n) is 2.30. The summed E-state index contributed by atoms with van der Waals surface area (Å²) in [6.07, 6.45) is 8.14. The molecule has 1 aromatic heterocycles. The van der Waals surface area contributed by atoms with Crippen molar-refractivity contribution in [2.24, 2.45) is 6.82 Å². The minimum absolute atomic E-state index is 0. The quantitative estimate of drug-likeness (QED) is 0.629. The van der Waals surface area contributed by atoms with Gasteiger partial charge in [-0.05, 0) is 0 Å². The number of hydrogen-bond acceptors (Lipinski definition) is 0. The van der Waals surface area contributed by atoms with Crippen LogP contribution in [0, 0.1) is 14.9 Å². The summed E-state index contributed by atoms with van der Waals surface area (Å²) in [7, 11) is 0. The molecule has 2 heteroatoms. The molecule has 0 saturated heterocycles. The maximum Gasteiger partial charge on any atom is 4.00 e. The number of rotatable bonds is 0. The van der Waals surface area contributed by atoms with Gasteiger partial charge in [0, 0.05) is 0 Å². The fraction of sp³-hybridized carbons (Fsp3) is 0.462. The summed E-state index contributed by atoms with van der Waals surface area (Å²) in [5, 5.41) is 0. The van der Waals surface area contributed by atoms with Gasteiger partial charge in [0.2, 0.25) is 0 Å². The second-order valence-electron chi connectivity index (χ2n) is 3.59. The van der Waals surface area contributed by atoms with Crippen molar-refractivity contribution in [2.75, 3.05) is 0 Å². The maximum atomic E-state index is 2.17. The molecule has 0 spiro atoms. The van der Waals surface area contributed by atoms with Crippen molar-refractivity contribution in [3.63, 3.8) is 0 Å². The van der Waals surface area contributed by atoms with E-state index in [1.807, 2.05) is 6.07 Å².